The van der Waals surface area contributed by atoms with Crippen molar-refractivity contribution in [3.8, 4) is 0 Å². The number of aliphatic hydroxyl groups is 3. The highest BCUT2D eigenvalue weighted by atomic mass is 16.7. The maximum atomic E-state index is 10.0. The molecule has 0 aliphatic heterocycles. The molecular formula is C6H9NO4. The van der Waals surface area contributed by atoms with Crippen LogP contribution in [0.5, 0.6) is 0 Å². The Kier molecular flexibility index (Phi) is 3.46. The summed E-state index contributed by atoms with van der Waals surface area (Å²) in [5.41, 5.74) is 0. The Hall–Kier alpha value is -1.17. The van der Waals surface area contributed by atoms with Crippen molar-refractivity contribution in [2.24, 2.45) is 0 Å². The zero-order valence-corrected chi connectivity index (χ0v) is 5.71. The minimum Gasteiger partial charge on any atom is -0.325 e. The fourth-order valence-electron chi connectivity index (χ4n) is 0.359. The number of allylic oxidation sites excluding steroid dienone is 2. The molecule has 11 heavy (non-hydrogen) atoms. The topological polar surface area (TPSA) is 81.0 Å². The van der Waals surface area contributed by atoms with E-state index in [0.717, 1.165) is 6.20 Å². The molecule has 0 aliphatic rings. The largest absolute Gasteiger partial charge is 0.375 e. The zero-order valence-electron chi connectivity index (χ0n) is 5.71. The lowest BCUT2D eigenvalue weighted by Crippen LogP contribution is -2.44. The molecule has 0 aliphatic carbocycles. The summed E-state index contributed by atoms with van der Waals surface area (Å²) in [5.74, 6) is 0. The molecule has 1 amide bonds. The first-order chi connectivity index (χ1) is 5.02. The Morgan fingerprint density at radius 1 is 1.36 bits per heavy atom. The van der Waals surface area contributed by atoms with Crippen LogP contribution < -0.4 is 0 Å². The first-order valence-electron chi connectivity index (χ1n) is 2.72. The van der Waals surface area contributed by atoms with Crippen LogP contribution in [0.15, 0.2) is 24.9 Å². The summed E-state index contributed by atoms with van der Waals surface area (Å²) in [5, 5.41) is 25.3. The third-order valence-corrected chi connectivity index (χ3v) is 0.843. The Labute approximate surface area is 63.5 Å². The molecule has 0 bridgehead atoms. The number of amides is 1. The smallest absolute Gasteiger partial charge is 0.325 e. The highest BCUT2D eigenvalue weighted by Crippen LogP contribution is 2.00. The van der Waals surface area contributed by atoms with Gasteiger partial charge in [-0.3, -0.25) is 4.79 Å². The van der Waals surface area contributed by atoms with Gasteiger partial charge < -0.3 is 15.3 Å². The lowest BCUT2D eigenvalue weighted by molar-refractivity contribution is -0.369. The van der Waals surface area contributed by atoms with E-state index in [4.69, 9.17) is 15.3 Å². The van der Waals surface area contributed by atoms with E-state index in [1.54, 1.807) is 0 Å². The molecule has 0 unspecified atom stereocenters. The van der Waals surface area contributed by atoms with Gasteiger partial charge in [-0.15, -0.1) is 0 Å². The second kappa shape index (κ2) is 3.87. The van der Waals surface area contributed by atoms with Crippen molar-refractivity contribution in [1.82, 2.24) is 4.90 Å². The van der Waals surface area contributed by atoms with Gasteiger partial charge >= 0.3 is 6.10 Å². The van der Waals surface area contributed by atoms with Crippen LogP contribution in [0.3, 0.4) is 0 Å². The van der Waals surface area contributed by atoms with Crippen LogP contribution in [0.25, 0.3) is 0 Å². The van der Waals surface area contributed by atoms with Crippen LogP contribution in [0.2, 0.25) is 0 Å². The number of hydrogen-bond acceptors (Lipinski definition) is 4. The van der Waals surface area contributed by atoms with Gasteiger partial charge in [0.05, 0.1) is 0 Å². The molecule has 0 saturated carbocycles. The van der Waals surface area contributed by atoms with Crippen molar-refractivity contribution in [3.05, 3.63) is 24.9 Å². The third kappa shape index (κ3) is 3.51. The lowest BCUT2D eigenvalue weighted by atomic mass is 10.5. The van der Waals surface area contributed by atoms with Crippen molar-refractivity contribution >= 4 is 6.41 Å². The van der Waals surface area contributed by atoms with Crippen LogP contribution in [0.1, 0.15) is 0 Å². The molecule has 0 aromatic carbocycles. The minimum atomic E-state index is -3.15. The summed E-state index contributed by atoms with van der Waals surface area (Å²) in [6.45, 7) is 3.27. The van der Waals surface area contributed by atoms with E-state index >= 15 is 0 Å². The second-order valence-electron chi connectivity index (χ2n) is 1.69. The first kappa shape index (κ1) is 9.83. The van der Waals surface area contributed by atoms with Crippen LogP contribution in [0.4, 0.5) is 0 Å². The van der Waals surface area contributed by atoms with Gasteiger partial charge in [-0.25, -0.2) is 4.90 Å². The standard InChI is InChI=1S/C6H9NO4/c1-2-3-4-7(5-8)6(9,10)11/h2-5,9-11H,1H2/b4-3-. The molecule has 0 heterocycles. The van der Waals surface area contributed by atoms with Gasteiger partial charge in [0.15, 0.2) is 0 Å². The normalized spacial score (nSPS) is 11.5. The molecule has 0 saturated heterocycles. The van der Waals surface area contributed by atoms with E-state index < -0.39 is 6.10 Å². The zero-order chi connectivity index (χ0) is 8.91. The number of carbonyl (C=O) groups is 1. The number of hydrogen-bond donors (Lipinski definition) is 3. The molecule has 5 heteroatoms. The molecule has 0 fully saturated rings. The quantitative estimate of drug-likeness (QED) is 0.271. The van der Waals surface area contributed by atoms with Gasteiger partial charge in [-0.05, 0) is 6.08 Å². The summed E-state index contributed by atoms with van der Waals surface area (Å²) in [4.78, 5) is 10.3. The Morgan fingerprint density at radius 3 is 2.18 bits per heavy atom. The second-order valence-corrected chi connectivity index (χ2v) is 1.69. The minimum absolute atomic E-state index is 0.0556. The maximum absolute atomic E-state index is 10.0. The van der Waals surface area contributed by atoms with Gasteiger partial charge in [0, 0.05) is 6.20 Å². The molecule has 0 aromatic heterocycles. The predicted octanol–water partition coefficient (Wildman–Crippen LogP) is -1.27. The predicted molar refractivity (Wildman–Crippen MR) is 36.6 cm³/mol. The van der Waals surface area contributed by atoms with E-state index in [-0.39, 0.29) is 11.3 Å². The summed E-state index contributed by atoms with van der Waals surface area (Å²) >= 11 is 0. The monoisotopic (exact) mass is 159 g/mol. The SMILES string of the molecule is C=C/C=C\N(C=O)C(O)(O)O. The highest BCUT2D eigenvalue weighted by Gasteiger charge is 2.25. The van der Waals surface area contributed by atoms with Crippen LogP contribution in [0, 0.1) is 0 Å². The van der Waals surface area contributed by atoms with Crippen LogP contribution in [-0.2, 0) is 4.79 Å². The molecule has 0 atom stereocenters. The number of rotatable bonds is 4. The average molecular weight is 159 g/mol. The van der Waals surface area contributed by atoms with E-state index in [1.807, 2.05) is 0 Å². The molecular weight excluding hydrogens is 150 g/mol. The Bertz CT molecular complexity index is 170. The summed E-state index contributed by atoms with van der Waals surface area (Å²) in [6, 6.07) is 0. The van der Waals surface area contributed by atoms with Crippen molar-refractivity contribution in [3.63, 3.8) is 0 Å². The molecule has 0 rings (SSSR count). The van der Waals surface area contributed by atoms with Gasteiger partial charge in [0.2, 0.25) is 6.41 Å². The van der Waals surface area contributed by atoms with Crippen molar-refractivity contribution in [2.45, 2.75) is 6.10 Å². The molecule has 5 nitrogen and oxygen atoms in total. The fraction of sp³-hybridized carbons (Fsp3) is 0.167. The summed E-state index contributed by atoms with van der Waals surface area (Å²) in [6.07, 6.45) is 0.426. The third-order valence-electron chi connectivity index (χ3n) is 0.843. The maximum Gasteiger partial charge on any atom is 0.375 e. The Balaban J connectivity index is 4.29. The summed E-state index contributed by atoms with van der Waals surface area (Å²) < 4.78 is 0. The average Bonchev–Trinajstić information content (AvgIpc) is 1.87. The molecule has 3 N–H and O–H groups in total. The van der Waals surface area contributed by atoms with Gasteiger partial charge in [-0.2, -0.15) is 0 Å². The highest BCUT2D eigenvalue weighted by molar-refractivity contribution is 5.49. The van der Waals surface area contributed by atoms with E-state index in [1.165, 1.54) is 12.2 Å². The summed E-state index contributed by atoms with van der Waals surface area (Å²) in [7, 11) is 0. The van der Waals surface area contributed by atoms with Crippen molar-refractivity contribution in [2.75, 3.05) is 0 Å². The first-order valence-corrected chi connectivity index (χ1v) is 2.72. The Morgan fingerprint density at radius 2 is 1.91 bits per heavy atom. The van der Waals surface area contributed by atoms with E-state index in [0.29, 0.717) is 0 Å². The fourth-order valence-corrected chi connectivity index (χ4v) is 0.359. The van der Waals surface area contributed by atoms with Gasteiger partial charge in [-0.1, -0.05) is 12.7 Å². The van der Waals surface area contributed by atoms with Crippen molar-refractivity contribution < 1.29 is 20.1 Å². The lowest BCUT2D eigenvalue weighted by Gasteiger charge is -2.22. The van der Waals surface area contributed by atoms with E-state index in [9.17, 15) is 4.79 Å². The molecule has 0 spiro atoms. The molecule has 0 radical (unpaired) electrons. The van der Waals surface area contributed by atoms with Gasteiger partial charge in [0.1, 0.15) is 0 Å². The number of nitrogens with zero attached hydrogens (tertiary/aromatic N) is 1. The van der Waals surface area contributed by atoms with Crippen molar-refractivity contribution in [1.29, 1.82) is 0 Å². The molecule has 62 valence electrons. The molecule has 0 aromatic rings. The number of carbonyl (C=O) groups excluding carboxylic acids is 1. The van der Waals surface area contributed by atoms with Gasteiger partial charge in [0.25, 0.3) is 0 Å². The van der Waals surface area contributed by atoms with E-state index in [2.05, 4.69) is 6.58 Å². The van der Waals surface area contributed by atoms with Crippen LogP contribution in [-0.4, -0.2) is 32.7 Å². The van der Waals surface area contributed by atoms with Crippen LogP contribution >= 0.6 is 0 Å².